The fourth-order valence-corrected chi connectivity index (χ4v) is 4.61. The Hall–Kier alpha value is -2.24. The molecule has 0 bridgehead atoms. The first-order valence-electron chi connectivity index (χ1n) is 7.94. The van der Waals surface area contributed by atoms with Gasteiger partial charge in [-0.2, -0.15) is 9.61 Å². The van der Waals surface area contributed by atoms with E-state index in [0.717, 1.165) is 18.7 Å². The summed E-state index contributed by atoms with van der Waals surface area (Å²) in [7, 11) is -0.908. The lowest BCUT2D eigenvalue weighted by atomic mass is 10.3. The second kappa shape index (κ2) is 6.49. The molecule has 9 nitrogen and oxygen atoms in total. The third kappa shape index (κ3) is 3.13. The molecule has 0 aliphatic heterocycles. The molecule has 0 radical (unpaired) electrons. The monoisotopic (exact) mass is 395 g/mol. The van der Waals surface area contributed by atoms with Crippen molar-refractivity contribution >= 4 is 26.3 Å². The highest BCUT2D eigenvalue weighted by Crippen LogP contribution is 2.39. The van der Waals surface area contributed by atoms with Gasteiger partial charge in [0.05, 0.1) is 20.8 Å². The third-order valence-corrected chi connectivity index (χ3v) is 6.39. The standard InChI is InChI=1S/C15H17N5O4S2/c1-23-10-5-6-11(24-2)12(7-10)26(21,22)16-8-13-19-20-14(9-3-4-9)17-18-15(20)25-13/h5-7,9,16H,3-4,8H2,1-2H3. The normalized spacial score (nSPS) is 14.7. The lowest BCUT2D eigenvalue weighted by molar-refractivity contribution is 0.392. The van der Waals surface area contributed by atoms with Crippen LogP contribution in [0.3, 0.4) is 0 Å². The van der Waals surface area contributed by atoms with Gasteiger partial charge in [0.2, 0.25) is 15.0 Å². The number of sulfonamides is 1. The summed E-state index contributed by atoms with van der Waals surface area (Å²) >= 11 is 1.31. The summed E-state index contributed by atoms with van der Waals surface area (Å²) in [5.41, 5.74) is 0. The maximum Gasteiger partial charge on any atom is 0.244 e. The minimum Gasteiger partial charge on any atom is -0.497 e. The van der Waals surface area contributed by atoms with E-state index < -0.39 is 10.0 Å². The lowest BCUT2D eigenvalue weighted by Gasteiger charge is -2.11. The number of benzene rings is 1. The number of nitrogens with zero attached hydrogens (tertiary/aromatic N) is 4. The second-order valence-electron chi connectivity index (χ2n) is 5.86. The van der Waals surface area contributed by atoms with Crippen LogP contribution < -0.4 is 14.2 Å². The van der Waals surface area contributed by atoms with Crippen LogP contribution in [0, 0.1) is 0 Å². The summed E-state index contributed by atoms with van der Waals surface area (Å²) in [6.07, 6.45) is 2.19. The Morgan fingerprint density at radius 1 is 1.27 bits per heavy atom. The maximum absolute atomic E-state index is 12.7. The van der Waals surface area contributed by atoms with Gasteiger partial charge >= 0.3 is 0 Å². The highest BCUT2D eigenvalue weighted by Gasteiger charge is 2.30. The Morgan fingerprint density at radius 3 is 2.77 bits per heavy atom. The summed E-state index contributed by atoms with van der Waals surface area (Å²) in [6.45, 7) is 0.0564. The van der Waals surface area contributed by atoms with Gasteiger partial charge < -0.3 is 9.47 Å². The SMILES string of the molecule is COc1ccc(OC)c(S(=O)(=O)NCc2nn3c(C4CC4)nnc3s2)c1. The van der Waals surface area contributed by atoms with Crippen molar-refractivity contribution in [1.29, 1.82) is 0 Å². The predicted octanol–water partition coefficient (Wildman–Crippen LogP) is 1.56. The number of rotatable bonds is 7. The summed E-state index contributed by atoms with van der Waals surface area (Å²) in [5.74, 6) is 1.93. The molecule has 1 fully saturated rings. The number of hydrogen-bond acceptors (Lipinski definition) is 8. The van der Waals surface area contributed by atoms with Crippen LogP contribution in [-0.4, -0.2) is 42.4 Å². The van der Waals surface area contributed by atoms with Gasteiger partial charge in [0.25, 0.3) is 0 Å². The van der Waals surface area contributed by atoms with Crippen molar-refractivity contribution < 1.29 is 17.9 Å². The third-order valence-electron chi connectivity index (χ3n) is 4.07. The van der Waals surface area contributed by atoms with Crippen LogP contribution in [0.5, 0.6) is 11.5 Å². The van der Waals surface area contributed by atoms with Crippen molar-refractivity contribution in [3.8, 4) is 11.5 Å². The summed E-state index contributed by atoms with van der Waals surface area (Å²) in [4.78, 5) is 0.682. The number of aromatic nitrogens is 4. The van der Waals surface area contributed by atoms with Crippen LogP contribution >= 0.6 is 11.3 Å². The van der Waals surface area contributed by atoms with Crippen LogP contribution in [0.2, 0.25) is 0 Å². The van der Waals surface area contributed by atoms with Crippen LogP contribution in [-0.2, 0) is 16.6 Å². The van der Waals surface area contributed by atoms with Crippen molar-refractivity contribution in [2.75, 3.05) is 14.2 Å². The van der Waals surface area contributed by atoms with Gasteiger partial charge in [0, 0.05) is 12.0 Å². The number of methoxy groups -OCH3 is 2. The average molecular weight is 395 g/mol. The zero-order valence-corrected chi connectivity index (χ0v) is 15.8. The molecule has 0 saturated heterocycles. The van der Waals surface area contributed by atoms with Gasteiger partial charge in [-0.15, -0.1) is 10.2 Å². The molecule has 1 aromatic carbocycles. The molecule has 2 heterocycles. The van der Waals surface area contributed by atoms with Gasteiger partial charge in [-0.25, -0.2) is 13.1 Å². The molecule has 0 atom stereocenters. The average Bonchev–Trinajstić information content (AvgIpc) is 3.28. The van der Waals surface area contributed by atoms with E-state index in [1.54, 1.807) is 16.6 Å². The van der Waals surface area contributed by atoms with Crippen molar-refractivity contribution in [3.05, 3.63) is 29.0 Å². The van der Waals surface area contributed by atoms with E-state index in [9.17, 15) is 8.42 Å². The highest BCUT2D eigenvalue weighted by molar-refractivity contribution is 7.89. The van der Waals surface area contributed by atoms with E-state index in [1.807, 2.05) is 0 Å². The fourth-order valence-electron chi connectivity index (χ4n) is 2.57. The molecule has 1 aliphatic carbocycles. The smallest absolute Gasteiger partial charge is 0.244 e. The second-order valence-corrected chi connectivity index (χ2v) is 8.64. The molecule has 0 amide bonds. The molecule has 3 aromatic rings. The molecule has 1 N–H and O–H groups in total. The first-order chi connectivity index (χ1) is 12.5. The molecule has 1 aliphatic rings. The van der Waals surface area contributed by atoms with Gasteiger partial charge in [0.1, 0.15) is 21.4 Å². The minimum absolute atomic E-state index is 0.0148. The predicted molar refractivity (Wildman–Crippen MR) is 94.2 cm³/mol. The van der Waals surface area contributed by atoms with Crippen molar-refractivity contribution in [1.82, 2.24) is 24.5 Å². The van der Waals surface area contributed by atoms with E-state index in [2.05, 4.69) is 20.0 Å². The Kier molecular flexibility index (Phi) is 4.29. The molecule has 4 rings (SSSR count). The molecule has 11 heteroatoms. The summed E-state index contributed by atoms with van der Waals surface area (Å²) in [6, 6.07) is 4.61. The zero-order chi connectivity index (χ0) is 18.3. The number of fused-ring (bicyclic) bond motifs is 1. The Balaban J connectivity index is 1.57. The number of nitrogens with one attached hydrogen (secondary N) is 1. The summed E-state index contributed by atoms with van der Waals surface area (Å²) < 4.78 is 39.9. The van der Waals surface area contributed by atoms with Gasteiger partial charge in [-0.3, -0.25) is 0 Å². The van der Waals surface area contributed by atoms with Crippen molar-refractivity contribution in [2.45, 2.75) is 30.2 Å². The number of hydrogen-bond donors (Lipinski definition) is 1. The molecule has 2 aromatic heterocycles. The highest BCUT2D eigenvalue weighted by atomic mass is 32.2. The van der Waals surface area contributed by atoms with Crippen molar-refractivity contribution in [3.63, 3.8) is 0 Å². The van der Waals surface area contributed by atoms with E-state index in [0.29, 0.717) is 21.6 Å². The molecule has 26 heavy (non-hydrogen) atoms. The van der Waals surface area contributed by atoms with Crippen LogP contribution in [0.15, 0.2) is 23.1 Å². The molecular formula is C15H17N5O4S2. The van der Waals surface area contributed by atoms with Crippen LogP contribution in [0.25, 0.3) is 4.96 Å². The van der Waals surface area contributed by atoms with Gasteiger partial charge in [-0.1, -0.05) is 11.3 Å². The van der Waals surface area contributed by atoms with Crippen molar-refractivity contribution in [2.24, 2.45) is 0 Å². The lowest BCUT2D eigenvalue weighted by Crippen LogP contribution is -2.24. The van der Waals surface area contributed by atoms with E-state index >= 15 is 0 Å². The van der Waals surface area contributed by atoms with Gasteiger partial charge in [-0.05, 0) is 25.0 Å². The molecule has 0 unspecified atom stereocenters. The first-order valence-corrected chi connectivity index (χ1v) is 10.2. The van der Waals surface area contributed by atoms with Gasteiger partial charge in [0.15, 0.2) is 5.82 Å². The first kappa shape index (κ1) is 17.2. The van der Waals surface area contributed by atoms with Crippen LogP contribution in [0.1, 0.15) is 29.6 Å². The summed E-state index contributed by atoms with van der Waals surface area (Å²) in [5, 5.41) is 13.3. The Labute approximate surface area is 154 Å². The maximum atomic E-state index is 12.7. The molecule has 0 spiro atoms. The Bertz CT molecular complexity index is 1060. The molecule has 138 valence electrons. The van der Waals surface area contributed by atoms with Crippen LogP contribution in [0.4, 0.5) is 0 Å². The minimum atomic E-state index is -3.80. The topological polar surface area (TPSA) is 108 Å². The molecular weight excluding hydrogens is 378 g/mol. The largest absolute Gasteiger partial charge is 0.497 e. The van der Waals surface area contributed by atoms with E-state index in [4.69, 9.17) is 9.47 Å². The molecule has 1 saturated carbocycles. The van der Waals surface area contributed by atoms with E-state index in [1.165, 1.54) is 31.6 Å². The fraction of sp³-hybridized carbons (Fsp3) is 0.400. The number of ether oxygens (including phenoxy) is 2. The zero-order valence-electron chi connectivity index (χ0n) is 14.2. The quantitative estimate of drug-likeness (QED) is 0.647. The Morgan fingerprint density at radius 2 is 2.08 bits per heavy atom. The van der Waals surface area contributed by atoms with E-state index in [-0.39, 0.29) is 17.2 Å².